The predicted molar refractivity (Wildman–Crippen MR) is 147 cm³/mol. The van der Waals surface area contributed by atoms with E-state index in [1.54, 1.807) is 30.6 Å². The van der Waals surface area contributed by atoms with Crippen LogP contribution in [0, 0.1) is 0 Å². The summed E-state index contributed by atoms with van der Waals surface area (Å²) in [6.07, 6.45) is 3.45. The lowest BCUT2D eigenvalue weighted by molar-refractivity contribution is 0.0993. The van der Waals surface area contributed by atoms with Crippen LogP contribution in [0.15, 0.2) is 116 Å². The topological polar surface area (TPSA) is 72.0 Å². The van der Waals surface area contributed by atoms with Crippen LogP contribution in [-0.4, -0.2) is 21.7 Å². The number of carbonyl (C=O) groups is 2. The molecule has 6 heteroatoms. The van der Waals surface area contributed by atoms with Crippen LogP contribution >= 0.6 is 11.6 Å². The van der Waals surface area contributed by atoms with E-state index in [1.807, 2.05) is 78.9 Å². The first-order valence-corrected chi connectivity index (χ1v) is 12.1. The summed E-state index contributed by atoms with van der Waals surface area (Å²) >= 11 is 6.26. The van der Waals surface area contributed by atoms with E-state index in [-0.39, 0.29) is 18.1 Å². The van der Waals surface area contributed by atoms with Gasteiger partial charge in [-0.1, -0.05) is 78.3 Å². The average Bonchev–Trinajstić information content (AvgIpc) is 2.94. The molecule has 0 aliphatic carbocycles. The van der Waals surface area contributed by atoms with E-state index in [2.05, 4.69) is 15.3 Å². The van der Waals surface area contributed by atoms with Gasteiger partial charge in [0.15, 0.2) is 5.78 Å². The zero-order valence-corrected chi connectivity index (χ0v) is 20.5. The molecule has 1 N–H and O–H groups in total. The lowest BCUT2D eigenvalue weighted by Gasteiger charge is -2.09. The van der Waals surface area contributed by atoms with E-state index in [1.165, 1.54) is 6.07 Å². The number of hydrogen-bond donors (Lipinski definition) is 1. The number of amides is 1. The maximum Gasteiger partial charge on any atom is 0.255 e. The lowest BCUT2D eigenvalue weighted by atomic mass is 10.0. The molecule has 5 aromatic rings. The molecule has 3 aromatic carbocycles. The van der Waals surface area contributed by atoms with Crippen LogP contribution in [0.3, 0.4) is 0 Å². The number of aromatic nitrogens is 2. The molecular weight excluding hydrogens is 482 g/mol. The Hall–Kier alpha value is -4.61. The zero-order chi connectivity index (χ0) is 25.6. The molecular formula is C31H22ClN3O2. The van der Waals surface area contributed by atoms with E-state index in [0.29, 0.717) is 21.8 Å². The van der Waals surface area contributed by atoms with Gasteiger partial charge in [-0.3, -0.25) is 19.6 Å². The van der Waals surface area contributed by atoms with Crippen molar-refractivity contribution in [1.29, 1.82) is 0 Å². The third kappa shape index (κ3) is 5.97. The standard InChI is InChI=1S/C31H22ClN3O2/c32-26-17-24(30(36)15-21-11-13-28(33-19-21)22-7-3-1-4-8-22)16-25(18-26)31(37)35-27-12-14-29(34-20-27)23-9-5-2-6-10-23/h1-14,16-20H,15H2,(H,35,37). The molecule has 2 heterocycles. The van der Waals surface area contributed by atoms with Gasteiger partial charge in [-0.15, -0.1) is 0 Å². The van der Waals surface area contributed by atoms with E-state index in [0.717, 1.165) is 28.1 Å². The number of nitrogens with zero attached hydrogens (tertiary/aromatic N) is 2. The van der Waals surface area contributed by atoms with E-state index >= 15 is 0 Å². The number of nitrogens with one attached hydrogen (secondary N) is 1. The summed E-state index contributed by atoms with van der Waals surface area (Å²) in [6.45, 7) is 0. The summed E-state index contributed by atoms with van der Waals surface area (Å²) < 4.78 is 0. The SMILES string of the molecule is O=C(Cc1ccc(-c2ccccc2)nc1)c1cc(Cl)cc(C(=O)Nc2ccc(-c3ccccc3)nc2)c1. The molecule has 5 nitrogen and oxygen atoms in total. The molecule has 0 saturated heterocycles. The molecule has 0 saturated carbocycles. The molecule has 0 unspecified atom stereocenters. The Morgan fingerprint density at radius 1 is 0.676 bits per heavy atom. The summed E-state index contributed by atoms with van der Waals surface area (Å²) in [4.78, 5) is 34.8. The summed E-state index contributed by atoms with van der Waals surface area (Å²) in [6, 6.07) is 31.7. The maximum atomic E-state index is 13.0. The molecule has 0 bridgehead atoms. The summed E-state index contributed by atoms with van der Waals surface area (Å²) in [5, 5.41) is 3.13. The van der Waals surface area contributed by atoms with Gasteiger partial charge in [0.05, 0.1) is 23.3 Å². The van der Waals surface area contributed by atoms with Crippen LogP contribution in [0.4, 0.5) is 5.69 Å². The number of ketones is 1. The van der Waals surface area contributed by atoms with Gasteiger partial charge in [-0.05, 0) is 42.0 Å². The summed E-state index contributed by atoms with van der Waals surface area (Å²) in [5.41, 5.74) is 5.62. The Labute approximate surface area is 219 Å². The van der Waals surface area contributed by atoms with Crippen molar-refractivity contribution in [3.63, 3.8) is 0 Å². The number of hydrogen-bond acceptors (Lipinski definition) is 4. The van der Waals surface area contributed by atoms with Crippen molar-refractivity contribution in [2.24, 2.45) is 0 Å². The van der Waals surface area contributed by atoms with Crippen molar-refractivity contribution in [1.82, 2.24) is 9.97 Å². The quantitative estimate of drug-likeness (QED) is 0.239. The molecule has 0 radical (unpaired) electrons. The number of benzene rings is 3. The van der Waals surface area contributed by atoms with Crippen LogP contribution in [0.1, 0.15) is 26.3 Å². The van der Waals surface area contributed by atoms with Gasteiger partial charge in [-0.2, -0.15) is 0 Å². The number of carbonyl (C=O) groups excluding carboxylic acids is 2. The van der Waals surface area contributed by atoms with Crippen molar-refractivity contribution in [3.8, 4) is 22.5 Å². The van der Waals surface area contributed by atoms with E-state index < -0.39 is 0 Å². The van der Waals surface area contributed by atoms with Gasteiger partial charge in [0.25, 0.3) is 5.91 Å². The van der Waals surface area contributed by atoms with Crippen LogP contribution in [0.2, 0.25) is 5.02 Å². The Morgan fingerprint density at radius 2 is 1.27 bits per heavy atom. The van der Waals surface area contributed by atoms with Crippen molar-refractivity contribution < 1.29 is 9.59 Å². The normalized spacial score (nSPS) is 10.6. The zero-order valence-electron chi connectivity index (χ0n) is 19.8. The van der Waals surface area contributed by atoms with Crippen molar-refractivity contribution in [2.75, 3.05) is 5.32 Å². The first-order chi connectivity index (χ1) is 18.0. The van der Waals surface area contributed by atoms with Crippen molar-refractivity contribution >= 4 is 29.0 Å². The van der Waals surface area contributed by atoms with Crippen molar-refractivity contribution in [2.45, 2.75) is 6.42 Å². The van der Waals surface area contributed by atoms with Gasteiger partial charge < -0.3 is 5.32 Å². The molecule has 180 valence electrons. The van der Waals surface area contributed by atoms with Crippen LogP contribution in [0.5, 0.6) is 0 Å². The Kier molecular flexibility index (Phi) is 7.15. The molecule has 0 aliphatic heterocycles. The highest BCUT2D eigenvalue weighted by Crippen LogP contribution is 2.22. The van der Waals surface area contributed by atoms with Gasteiger partial charge in [0.1, 0.15) is 0 Å². The smallest absolute Gasteiger partial charge is 0.255 e. The second-order valence-corrected chi connectivity index (χ2v) is 8.93. The van der Waals surface area contributed by atoms with Gasteiger partial charge in [0, 0.05) is 39.9 Å². The number of pyridine rings is 2. The van der Waals surface area contributed by atoms with Gasteiger partial charge in [-0.25, -0.2) is 0 Å². The highest BCUT2D eigenvalue weighted by molar-refractivity contribution is 6.31. The van der Waals surface area contributed by atoms with E-state index in [9.17, 15) is 9.59 Å². The third-order valence-corrected chi connectivity index (χ3v) is 6.05. The molecule has 5 rings (SSSR count). The average molecular weight is 504 g/mol. The number of halogens is 1. The Balaban J connectivity index is 1.27. The fourth-order valence-corrected chi connectivity index (χ4v) is 4.16. The van der Waals surface area contributed by atoms with Crippen molar-refractivity contribution in [3.05, 3.63) is 137 Å². The summed E-state index contributed by atoms with van der Waals surface area (Å²) in [5.74, 6) is -0.528. The number of rotatable bonds is 7. The second-order valence-electron chi connectivity index (χ2n) is 8.50. The number of anilines is 1. The van der Waals surface area contributed by atoms with Gasteiger partial charge >= 0.3 is 0 Å². The lowest BCUT2D eigenvalue weighted by Crippen LogP contribution is -2.13. The Morgan fingerprint density at radius 3 is 1.84 bits per heavy atom. The minimum atomic E-state index is -0.375. The first-order valence-electron chi connectivity index (χ1n) is 11.7. The fourth-order valence-electron chi connectivity index (χ4n) is 3.93. The molecule has 1 amide bonds. The predicted octanol–water partition coefficient (Wildman–Crippen LogP) is 7.14. The van der Waals surface area contributed by atoms with Crippen LogP contribution < -0.4 is 5.32 Å². The largest absolute Gasteiger partial charge is 0.321 e. The van der Waals surface area contributed by atoms with E-state index in [4.69, 9.17) is 11.6 Å². The molecule has 0 aliphatic rings. The maximum absolute atomic E-state index is 13.0. The van der Waals surface area contributed by atoms with Crippen LogP contribution in [-0.2, 0) is 6.42 Å². The minimum absolute atomic E-state index is 0.147. The van der Waals surface area contributed by atoms with Gasteiger partial charge in [0.2, 0.25) is 0 Å². The fraction of sp³-hybridized carbons (Fsp3) is 0.0323. The van der Waals surface area contributed by atoms with Crippen LogP contribution in [0.25, 0.3) is 22.5 Å². The Bertz CT molecular complexity index is 1420. The summed E-state index contributed by atoms with van der Waals surface area (Å²) in [7, 11) is 0. The first kappa shape index (κ1) is 24.1. The molecule has 0 atom stereocenters. The monoisotopic (exact) mass is 503 g/mol. The molecule has 0 fully saturated rings. The molecule has 0 spiro atoms. The highest BCUT2D eigenvalue weighted by Gasteiger charge is 2.14. The second kappa shape index (κ2) is 11.0. The molecule has 37 heavy (non-hydrogen) atoms. The third-order valence-electron chi connectivity index (χ3n) is 5.83. The molecule has 2 aromatic heterocycles. The highest BCUT2D eigenvalue weighted by atomic mass is 35.5. The minimum Gasteiger partial charge on any atom is -0.321 e. The number of Topliss-reactive ketones (excluding diaryl/α,β-unsaturated/α-hetero) is 1.